The second-order valence-corrected chi connectivity index (χ2v) is 15.0. The van der Waals surface area contributed by atoms with E-state index in [1.54, 1.807) is 12.1 Å². The van der Waals surface area contributed by atoms with Gasteiger partial charge in [0.25, 0.3) is 0 Å². The molecule has 0 aliphatic heterocycles. The number of hydrogen-bond donors (Lipinski definition) is 0. The molecule has 0 bridgehead atoms. The van der Waals surface area contributed by atoms with Crippen molar-refractivity contribution in [2.45, 2.75) is 52.4 Å². The Morgan fingerprint density at radius 3 is 2.47 bits per heavy atom. The minimum absolute atomic E-state index is 0.0121. The van der Waals surface area contributed by atoms with Gasteiger partial charge in [0.1, 0.15) is 13.9 Å². The first-order valence-corrected chi connectivity index (χ1v) is 15.4. The van der Waals surface area contributed by atoms with Gasteiger partial charge in [0.05, 0.1) is 23.7 Å². The summed E-state index contributed by atoms with van der Waals surface area (Å²) in [5, 5.41) is 4.66. The largest absolute Gasteiger partial charge is 0.374 e. The summed E-state index contributed by atoms with van der Waals surface area (Å²) in [6, 6.07) is 16.9. The highest BCUT2D eigenvalue weighted by molar-refractivity contribution is 6.83. The molecule has 0 fully saturated rings. The minimum atomic E-state index is -1.58. The third kappa shape index (κ3) is 5.40. The maximum atomic E-state index is 13.5. The van der Waals surface area contributed by atoms with Gasteiger partial charge in [0, 0.05) is 17.6 Å². The fraction of sp³-hybridized carbons (Fsp3) is 0.345. The highest BCUT2D eigenvalue weighted by atomic mass is 28.3. The van der Waals surface area contributed by atoms with Crippen molar-refractivity contribution in [3.63, 3.8) is 0 Å². The van der Waals surface area contributed by atoms with Gasteiger partial charge < -0.3 is 4.74 Å². The molecule has 0 spiro atoms. The quantitative estimate of drug-likeness (QED) is 0.285. The smallest absolute Gasteiger partial charge is 0.129 e. The maximum Gasteiger partial charge on any atom is 0.129 e. The van der Waals surface area contributed by atoms with Crippen LogP contribution in [0.4, 0.5) is 4.39 Å². The van der Waals surface area contributed by atoms with Crippen molar-refractivity contribution in [1.29, 1.82) is 0 Å². The summed E-state index contributed by atoms with van der Waals surface area (Å²) in [6.45, 7) is 11.8. The van der Waals surface area contributed by atoms with Crippen LogP contribution in [0.3, 0.4) is 0 Å². The fourth-order valence-corrected chi connectivity index (χ4v) is 4.98. The van der Waals surface area contributed by atoms with E-state index >= 15 is 0 Å². The first kappa shape index (κ1) is 24.2. The van der Waals surface area contributed by atoms with Crippen LogP contribution in [0.15, 0.2) is 66.4 Å². The molecule has 1 aliphatic rings. The number of aromatic nitrogens is 2. The van der Waals surface area contributed by atoms with E-state index in [-0.39, 0.29) is 17.3 Å². The molecule has 34 heavy (non-hydrogen) atoms. The molecule has 1 aromatic heterocycles. The number of fused-ring (bicyclic) bond motifs is 1. The number of halogens is 1. The summed E-state index contributed by atoms with van der Waals surface area (Å²) in [4.78, 5) is 0. The molecule has 3 nitrogen and oxygen atoms in total. The molecular weight excluding hydrogens is 439 g/mol. The SMILES string of the molecule is CCOC(CC1(C)Cc2cnn(-c3ccc(F)cc3)c2C=C1C#C[Si](C)(C)C)c1ccccc1. The summed E-state index contributed by atoms with van der Waals surface area (Å²) >= 11 is 0. The third-order valence-electron chi connectivity index (χ3n) is 6.22. The Hall–Kier alpha value is -2.94. The van der Waals surface area contributed by atoms with Crippen LogP contribution in [0, 0.1) is 22.7 Å². The molecule has 0 N–H and O–H groups in total. The standard InChI is InChI=1S/C29H33FN2OSi/c1-6-33-28(22-10-8-7-9-11-22)20-29(2)19-23-21-31-32(26-14-12-25(30)13-15-26)27(23)18-24(29)16-17-34(3,4)5/h7-15,18,21,28H,6,19-20H2,1-5H3. The van der Waals surface area contributed by atoms with E-state index in [2.05, 4.69) is 73.5 Å². The molecule has 0 amide bonds. The van der Waals surface area contributed by atoms with E-state index in [4.69, 9.17) is 4.74 Å². The number of rotatable bonds is 6. The molecule has 4 rings (SSSR count). The summed E-state index contributed by atoms with van der Waals surface area (Å²) in [5.74, 6) is 3.33. The second-order valence-electron chi connectivity index (χ2n) is 10.3. The van der Waals surface area contributed by atoms with Crippen LogP contribution in [0.1, 0.15) is 43.2 Å². The Kier molecular flexibility index (Phi) is 6.93. The molecule has 3 aromatic rings. The van der Waals surface area contributed by atoms with Crippen molar-refractivity contribution < 1.29 is 9.13 Å². The summed E-state index contributed by atoms with van der Waals surface area (Å²) in [7, 11) is -1.58. The maximum absolute atomic E-state index is 13.5. The lowest BCUT2D eigenvalue weighted by atomic mass is 9.69. The van der Waals surface area contributed by atoms with Crippen molar-refractivity contribution in [3.05, 3.63) is 89.0 Å². The van der Waals surface area contributed by atoms with Gasteiger partial charge in [-0.05, 0) is 61.2 Å². The average molecular weight is 473 g/mol. The van der Waals surface area contributed by atoms with Crippen molar-refractivity contribution in [2.24, 2.45) is 5.41 Å². The molecule has 2 unspecified atom stereocenters. The zero-order valence-corrected chi connectivity index (χ0v) is 21.7. The Morgan fingerprint density at radius 2 is 1.82 bits per heavy atom. The predicted molar refractivity (Wildman–Crippen MR) is 140 cm³/mol. The monoisotopic (exact) mass is 472 g/mol. The zero-order valence-electron chi connectivity index (χ0n) is 20.7. The molecule has 0 saturated heterocycles. The van der Waals surface area contributed by atoms with Gasteiger partial charge in [-0.15, -0.1) is 5.54 Å². The predicted octanol–water partition coefficient (Wildman–Crippen LogP) is 7.01. The van der Waals surface area contributed by atoms with Gasteiger partial charge in [0.2, 0.25) is 0 Å². The molecule has 2 aromatic carbocycles. The minimum Gasteiger partial charge on any atom is -0.374 e. The Balaban J connectivity index is 1.77. The molecule has 5 heteroatoms. The summed E-state index contributed by atoms with van der Waals surface area (Å²) < 4.78 is 21.6. The number of hydrogen-bond acceptors (Lipinski definition) is 2. The van der Waals surface area contributed by atoms with Crippen molar-refractivity contribution in [1.82, 2.24) is 9.78 Å². The van der Waals surface area contributed by atoms with Gasteiger partial charge in [0.15, 0.2) is 0 Å². The van der Waals surface area contributed by atoms with Crippen LogP contribution in [0.25, 0.3) is 11.8 Å². The second kappa shape index (κ2) is 9.73. The van der Waals surface area contributed by atoms with Crippen LogP contribution < -0.4 is 0 Å². The molecule has 1 heterocycles. The molecule has 176 valence electrons. The number of allylic oxidation sites excluding steroid dienone is 1. The Bertz CT molecular complexity index is 1230. The number of nitrogens with zero attached hydrogens (tertiary/aromatic N) is 2. The van der Waals surface area contributed by atoms with E-state index in [0.717, 1.165) is 29.8 Å². The summed E-state index contributed by atoms with van der Waals surface area (Å²) in [5.41, 5.74) is 8.75. The van der Waals surface area contributed by atoms with Crippen molar-refractivity contribution in [3.8, 4) is 17.2 Å². The van der Waals surface area contributed by atoms with Gasteiger partial charge in [-0.2, -0.15) is 5.10 Å². The molecule has 2 atom stereocenters. The van der Waals surface area contributed by atoms with E-state index < -0.39 is 8.07 Å². The fourth-order valence-electron chi connectivity index (χ4n) is 4.47. The topological polar surface area (TPSA) is 27.1 Å². The number of ether oxygens (including phenoxy) is 1. The zero-order chi connectivity index (χ0) is 24.3. The van der Waals surface area contributed by atoms with Crippen molar-refractivity contribution >= 4 is 14.1 Å². The molecule has 0 saturated carbocycles. The van der Waals surface area contributed by atoms with Gasteiger partial charge in [-0.3, -0.25) is 0 Å². The lowest BCUT2D eigenvalue weighted by Crippen LogP contribution is -2.29. The average Bonchev–Trinajstić information content (AvgIpc) is 3.19. The van der Waals surface area contributed by atoms with Crippen molar-refractivity contribution in [2.75, 3.05) is 6.61 Å². The lowest BCUT2D eigenvalue weighted by Gasteiger charge is -2.36. The van der Waals surface area contributed by atoms with Crippen LogP contribution in [-0.4, -0.2) is 24.5 Å². The van der Waals surface area contributed by atoms with Crippen LogP contribution in [-0.2, 0) is 11.2 Å². The molecule has 1 aliphatic carbocycles. The highest BCUT2D eigenvalue weighted by Gasteiger charge is 2.37. The van der Waals surface area contributed by atoms with Crippen LogP contribution >= 0.6 is 0 Å². The van der Waals surface area contributed by atoms with Crippen LogP contribution in [0.5, 0.6) is 0 Å². The van der Waals surface area contributed by atoms with E-state index in [0.29, 0.717) is 6.61 Å². The Labute approximate surface area is 203 Å². The van der Waals surface area contributed by atoms with E-state index in [1.807, 2.05) is 23.9 Å². The van der Waals surface area contributed by atoms with Crippen LogP contribution in [0.2, 0.25) is 19.6 Å². The van der Waals surface area contributed by atoms with E-state index in [9.17, 15) is 4.39 Å². The normalized spacial score (nSPS) is 18.5. The van der Waals surface area contributed by atoms with E-state index in [1.165, 1.54) is 23.3 Å². The highest BCUT2D eigenvalue weighted by Crippen LogP contribution is 2.45. The third-order valence-corrected chi connectivity index (χ3v) is 7.09. The summed E-state index contributed by atoms with van der Waals surface area (Å²) in [6.07, 6.45) is 5.77. The molecular formula is C29H33FN2OSi. The Morgan fingerprint density at radius 1 is 1.12 bits per heavy atom. The lowest BCUT2D eigenvalue weighted by molar-refractivity contribution is 0.0332. The number of benzene rings is 2. The first-order chi connectivity index (χ1) is 16.2. The first-order valence-electron chi connectivity index (χ1n) is 11.9. The molecule has 0 radical (unpaired) electrons. The van der Waals surface area contributed by atoms with Gasteiger partial charge in [-0.1, -0.05) is 62.8 Å². The van der Waals surface area contributed by atoms with Gasteiger partial charge >= 0.3 is 0 Å². The van der Waals surface area contributed by atoms with Gasteiger partial charge in [-0.25, -0.2) is 9.07 Å².